The molecular formula is C11H14O4S. The van der Waals surface area contributed by atoms with Crippen molar-refractivity contribution in [1.29, 1.82) is 0 Å². The molecule has 0 saturated carbocycles. The Morgan fingerprint density at radius 2 is 2.31 bits per heavy atom. The summed E-state index contributed by atoms with van der Waals surface area (Å²) in [5.74, 6) is -0.378. The maximum absolute atomic E-state index is 11.6. The van der Waals surface area contributed by atoms with Crippen molar-refractivity contribution in [3.8, 4) is 0 Å². The van der Waals surface area contributed by atoms with E-state index in [4.69, 9.17) is 9.47 Å². The predicted molar refractivity (Wildman–Crippen MR) is 57.9 cm³/mol. The van der Waals surface area contributed by atoms with Crippen molar-refractivity contribution in [2.45, 2.75) is 43.0 Å². The molecule has 3 aliphatic heterocycles. The van der Waals surface area contributed by atoms with E-state index in [-0.39, 0.29) is 46.5 Å². The van der Waals surface area contributed by atoms with Crippen LogP contribution in [-0.2, 0) is 19.1 Å². The molecule has 0 spiro atoms. The van der Waals surface area contributed by atoms with E-state index in [1.54, 1.807) is 11.8 Å². The minimum absolute atomic E-state index is 0.0500. The Hall–Kier alpha value is -0.710. The lowest BCUT2D eigenvalue weighted by Crippen LogP contribution is -2.40. The van der Waals surface area contributed by atoms with Crippen molar-refractivity contribution in [2.24, 2.45) is 11.8 Å². The molecule has 16 heavy (non-hydrogen) atoms. The van der Waals surface area contributed by atoms with Gasteiger partial charge in [0, 0.05) is 5.25 Å². The largest absolute Gasteiger partial charge is 0.457 e. The molecule has 5 heteroatoms. The number of hydrogen-bond acceptors (Lipinski definition) is 5. The zero-order valence-electron chi connectivity index (χ0n) is 9.21. The number of ether oxygens (including phenoxy) is 2. The molecule has 0 aromatic rings. The summed E-state index contributed by atoms with van der Waals surface area (Å²) < 4.78 is 10.7. The molecule has 3 rings (SSSR count). The zero-order valence-corrected chi connectivity index (χ0v) is 10.0. The second-order valence-corrected chi connectivity index (χ2v) is 6.36. The number of carbonyl (C=O) groups excluding carboxylic acids is 2. The van der Waals surface area contributed by atoms with Gasteiger partial charge in [0.05, 0.1) is 17.1 Å². The molecule has 5 atom stereocenters. The van der Waals surface area contributed by atoms with Crippen LogP contribution in [-0.4, -0.2) is 34.6 Å². The molecular weight excluding hydrogens is 228 g/mol. The van der Waals surface area contributed by atoms with Gasteiger partial charge in [-0.15, -0.1) is 11.8 Å². The molecule has 0 aromatic heterocycles. The molecule has 3 aliphatic rings. The zero-order chi connectivity index (χ0) is 11.4. The maximum Gasteiger partial charge on any atom is 0.310 e. The van der Waals surface area contributed by atoms with E-state index < -0.39 is 0 Å². The first-order valence-corrected chi connectivity index (χ1v) is 6.58. The summed E-state index contributed by atoms with van der Waals surface area (Å²) in [4.78, 5) is 23.0. The minimum Gasteiger partial charge on any atom is -0.457 e. The van der Waals surface area contributed by atoms with Crippen LogP contribution in [0.5, 0.6) is 0 Å². The van der Waals surface area contributed by atoms with Crippen LogP contribution in [0.1, 0.15) is 20.3 Å². The molecule has 5 unspecified atom stereocenters. The first-order chi connectivity index (χ1) is 7.58. The molecule has 3 fully saturated rings. The van der Waals surface area contributed by atoms with Crippen molar-refractivity contribution < 1.29 is 19.1 Å². The Labute approximate surface area is 98.0 Å². The summed E-state index contributed by atoms with van der Waals surface area (Å²) >= 11 is 1.75. The van der Waals surface area contributed by atoms with Gasteiger partial charge in [-0.1, -0.05) is 13.8 Å². The first-order valence-electron chi connectivity index (χ1n) is 5.64. The molecule has 0 N–H and O–H groups in total. The molecule has 2 bridgehead atoms. The van der Waals surface area contributed by atoms with E-state index in [2.05, 4.69) is 0 Å². The highest BCUT2D eigenvalue weighted by molar-refractivity contribution is 8.01. The van der Waals surface area contributed by atoms with Crippen molar-refractivity contribution in [3.05, 3.63) is 0 Å². The van der Waals surface area contributed by atoms with Gasteiger partial charge < -0.3 is 9.47 Å². The van der Waals surface area contributed by atoms with Gasteiger partial charge in [-0.3, -0.25) is 9.59 Å². The lowest BCUT2D eigenvalue weighted by molar-refractivity contribution is -0.162. The molecule has 0 amide bonds. The molecule has 3 heterocycles. The summed E-state index contributed by atoms with van der Waals surface area (Å²) in [5.41, 5.74) is 0. The van der Waals surface area contributed by atoms with Gasteiger partial charge >= 0.3 is 11.9 Å². The standard InChI is InChI=1S/C11H14O4S/c1-4(2)10(12)14-7-6-3-5-9(16-6)8(7)15-11(5)13/h4-9H,3H2,1-2H3. The fourth-order valence-electron chi connectivity index (χ4n) is 2.65. The second kappa shape index (κ2) is 3.39. The molecule has 3 saturated heterocycles. The molecule has 0 radical (unpaired) electrons. The van der Waals surface area contributed by atoms with Gasteiger partial charge in [0.15, 0.2) is 12.2 Å². The van der Waals surface area contributed by atoms with Crippen molar-refractivity contribution in [3.63, 3.8) is 0 Å². The van der Waals surface area contributed by atoms with Crippen molar-refractivity contribution in [2.75, 3.05) is 0 Å². The fraction of sp³-hybridized carbons (Fsp3) is 0.818. The summed E-state index contributed by atoms with van der Waals surface area (Å²) in [6, 6.07) is 0. The van der Waals surface area contributed by atoms with E-state index in [0.717, 1.165) is 6.42 Å². The molecule has 0 aromatic carbocycles. The summed E-state index contributed by atoms with van der Waals surface area (Å²) in [6.07, 6.45) is 0.400. The van der Waals surface area contributed by atoms with E-state index in [9.17, 15) is 9.59 Å². The van der Waals surface area contributed by atoms with Crippen molar-refractivity contribution >= 4 is 23.7 Å². The SMILES string of the molecule is CC(C)C(=O)OC1C2CC3C(=O)OC1C3S2. The smallest absolute Gasteiger partial charge is 0.310 e. The van der Waals surface area contributed by atoms with Gasteiger partial charge in [-0.05, 0) is 6.42 Å². The topological polar surface area (TPSA) is 52.6 Å². The van der Waals surface area contributed by atoms with Gasteiger partial charge in [-0.25, -0.2) is 0 Å². The number of fused-ring (bicyclic) bond motifs is 1. The van der Waals surface area contributed by atoms with E-state index in [1.807, 2.05) is 13.8 Å². The first kappa shape index (κ1) is 10.4. The third kappa shape index (κ3) is 1.30. The Morgan fingerprint density at radius 3 is 3.00 bits per heavy atom. The number of esters is 2. The Bertz CT molecular complexity index is 354. The third-order valence-electron chi connectivity index (χ3n) is 3.51. The van der Waals surface area contributed by atoms with Crippen molar-refractivity contribution in [1.82, 2.24) is 0 Å². The molecule has 4 nitrogen and oxygen atoms in total. The molecule has 0 aliphatic carbocycles. The number of rotatable bonds is 2. The Morgan fingerprint density at radius 1 is 1.56 bits per heavy atom. The quantitative estimate of drug-likeness (QED) is 0.676. The number of thioether (sulfide) groups is 1. The van der Waals surface area contributed by atoms with Crippen LogP contribution in [0.15, 0.2) is 0 Å². The third-order valence-corrected chi connectivity index (χ3v) is 5.23. The maximum atomic E-state index is 11.6. The predicted octanol–water partition coefficient (Wildman–Crippen LogP) is 0.983. The highest BCUT2D eigenvalue weighted by Gasteiger charge is 2.64. The van der Waals surface area contributed by atoms with Gasteiger partial charge in [-0.2, -0.15) is 0 Å². The van der Waals surface area contributed by atoms with Gasteiger partial charge in [0.25, 0.3) is 0 Å². The summed E-state index contributed by atoms with van der Waals surface area (Å²) in [5, 5.41) is 0.483. The monoisotopic (exact) mass is 242 g/mol. The van der Waals surface area contributed by atoms with Gasteiger partial charge in [0.2, 0.25) is 0 Å². The average molecular weight is 242 g/mol. The summed E-state index contributed by atoms with van der Waals surface area (Å²) in [7, 11) is 0. The lowest BCUT2D eigenvalue weighted by atomic mass is 9.88. The van der Waals surface area contributed by atoms with E-state index >= 15 is 0 Å². The molecule has 88 valence electrons. The normalized spacial score (nSPS) is 43.9. The highest BCUT2D eigenvalue weighted by Crippen LogP contribution is 2.55. The van der Waals surface area contributed by atoms with Crippen LogP contribution in [0.3, 0.4) is 0 Å². The van der Waals surface area contributed by atoms with Crippen LogP contribution in [0.25, 0.3) is 0 Å². The fourth-order valence-corrected chi connectivity index (χ4v) is 4.52. The minimum atomic E-state index is -0.215. The van der Waals surface area contributed by atoms with Crippen LogP contribution < -0.4 is 0 Å². The average Bonchev–Trinajstić information content (AvgIpc) is 2.81. The van der Waals surface area contributed by atoms with Crippen LogP contribution in [0.2, 0.25) is 0 Å². The van der Waals surface area contributed by atoms with Gasteiger partial charge in [0.1, 0.15) is 0 Å². The van der Waals surface area contributed by atoms with Crippen LogP contribution in [0, 0.1) is 11.8 Å². The Kier molecular flexibility index (Phi) is 2.21. The Balaban J connectivity index is 1.75. The number of hydrogen-bond donors (Lipinski definition) is 0. The highest BCUT2D eigenvalue weighted by atomic mass is 32.2. The summed E-state index contributed by atoms with van der Waals surface area (Å²) in [6.45, 7) is 3.62. The second-order valence-electron chi connectivity index (χ2n) is 4.94. The number of carbonyl (C=O) groups is 2. The van der Waals surface area contributed by atoms with Crippen LogP contribution in [0.4, 0.5) is 0 Å². The van der Waals surface area contributed by atoms with E-state index in [1.165, 1.54) is 0 Å². The van der Waals surface area contributed by atoms with E-state index in [0.29, 0.717) is 0 Å². The lowest BCUT2D eigenvalue weighted by Gasteiger charge is -2.24. The van der Waals surface area contributed by atoms with Crippen LogP contribution >= 0.6 is 11.8 Å².